The Morgan fingerprint density at radius 1 is 1.16 bits per heavy atom. The minimum Gasteiger partial charge on any atom is -0.377 e. The van der Waals surface area contributed by atoms with Gasteiger partial charge >= 0.3 is 6.03 Å². The van der Waals surface area contributed by atoms with Gasteiger partial charge in [-0.25, -0.2) is 4.79 Å². The third-order valence-electron chi connectivity index (χ3n) is 6.17. The van der Waals surface area contributed by atoms with Gasteiger partial charge in [-0.05, 0) is 24.8 Å². The summed E-state index contributed by atoms with van der Waals surface area (Å²) in [5, 5.41) is 6.39. The fourth-order valence-electron chi connectivity index (χ4n) is 4.86. The van der Waals surface area contributed by atoms with Gasteiger partial charge in [0.2, 0.25) is 0 Å². The van der Waals surface area contributed by atoms with Gasteiger partial charge in [0.1, 0.15) is 0 Å². The first-order chi connectivity index (χ1) is 12.1. The van der Waals surface area contributed by atoms with Crippen molar-refractivity contribution in [1.29, 1.82) is 0 Å². The Morgan fingerprint density at radius 3 is 2.68 bits per heavy atom. The molecule has 136 valence electrons. The molecule has 2 N–H and O–H groups in total. The van der Waals surface area contributed by atoms with Gasteiger partial charge in [0.15, 0.2) is 0 Å². The van der Waals surface area contributed by atoms with Gasteiger partial charge < -0.3 is 20.1 Å². The lowest BCUT2D eigenvalue weighted by Gasteiger charge is -2.54. The summed E-state index contributed by atoms with van der Waals surface area (Å²) in [6.07, 6.45) is 3.39. The summed E-state index contributed by atoms with van der Waals surface area (Å²) in [5.41, 5.74) is 1.09. The van der Waals surface area contributed by atoms with Crippen molar-refractivity contribution in [3.63, 3.8) is 0 Å². The fourth-order valence-corrected chi connectivity index (χ4v) is 4.86. The lowest BCUT2D eigenvalue weighted by Crippen LogP contribution is -2.67. The molecule has 1 aromatic carbocycles. The van der Waals surface area contributed by atoms with Crippen molar-refractivity contribution < 1.29 is 14.3 Å². The first kappa shape index (κ1) is 16.9. The maximum absolute atomic E-state index is 12.7. The normalized spacial score (nSPS) is 34.0. The lowest BCUT2D eigenvalue weighted by molar-refractivity contribution is -0.108. The summed E-state index contributed by atoms with van der Waals surface area (Å²) in [6, 6.07) is 10.1. The van der Waals surface area contributed by atoms with E-state index in [2.05, 4.69) is 36.6 Å². The molecule has 3 fully saturated rings. The third kappa shape index (κ3) is 3.04. The summed E-state index contributed by atoms with van der Waals surface area (Å²) in [6.45, 7) is 5.94. The summed E-state index contributed by atoms with van der Waals surface area (Å²) < 4.78 is 11.7. The van der Waals surface area contributed by atoms with Crippen molar-refractivity contribution >= 4 is 6.03 Å². The van der Waals surface area contributed by atoms with Crippen LogP contribution < -0.4 is 10.6 Å². The number of fused-ring (bicyclic) bond motifs is 1. The lowest BCUT2D eigenvalue weighted by atomic mass is 9.57. The predicted molar refractivity (Wildman–Crippen MR) is 95.2 cm³/mol. The van der Waals surface area contributed by atoms with E-state index in [4.69, 9.17) is 9.47 Å². The Bertz CT molecular complexity index is 613. The molecule has 3 aliphatic rings. The number of urea groups is 1. The van der Waals surface area contributed by atoms with Crippen LogP contribution in [-0.2, 0) is 9.47 Å². The summed E-state index contributed by atoms with van der Waals surface area (Å²) in [5.74, 6) is 0.443. The van der Waals surface area contributed by atoms with Gasteiger partial charge in [-0.15, -0.1) is 0 Å². The van der Waals surface area contributed by atoms with Crippen LogP contribution in [0.5, 0.6) is 0 Å². The maximum Gasteiger partial charge on any atom is 0.315 e. The summed E-state index contributed by atoms with van der Waals surface area (Å²) >= 11 is 0. The van der Waals surface area contributed by atoms with E-state index in [9.17, 15) is 4.79 Å². The highest BCUT2D eigenvalue weighted by Gasteiger charge is 2.59. The first-order valence-corrected chi connectivity index (χ1v) is 9.42. The van der Waals surface area contributed by atoms with E-state index in [-0.39, 0.29) is 35.7 Å². The van der Waals surface area contributed by atoms with Crippen LogP contribution in [0, 0.1) is 11.3 Å². The molecule has 2 aliphatic heterocycles. The molecule has 1 aromatic rings. The third-order valence-corrected chi connectivity index (χ3v) is 6.17. The van der Waals surface area contributed by atoms with Crippen LogP contribution in [0.1, 0.15) is 44.7 Å². The van der Waals surface area contributed by atoms with Gasteiger partial charge in [0.25, 0.3) is 0 Å². The van der Waals surface area contributed by atoms with E-state index in [1.165, 1.54) is 0 Å². The molecule has 1 aliphatic carbocycles. The largest absolute Gasteiger partial charge is 0.377 e. The minimum atomic E-state index is -0.109. The van der Waals surface area contributed by atoms with E-state index in [0.29, 0.717) is 5.92 Å². The van der Waals surface area contributed by atoms with Crippen LogP contribution in [0.3, 0.4) is 0 Å². The van der Waals surface area contributed by atoms with Gasteiger partial charge in [-0.2, -0.15) is 0 Å². The molecule has 2 saturated heterocycles. The Balaban J connectivity index is 1.44. The smallest absolute Gasteiger partial charge is 0.315 e. The van der Waals surface area contributed by atoms with Gasteiger partial charge in [0.05, 0.1) is 18.2 Å². The molecule has 1 saturated carbocycles. The molecule has 2 heterocycles. The zero-order chi connectivity index (χ0) is 17.4. The number of benzene rings is 1. The summed E-state index contributed by atoms with van der Waals surface area (Å²) in [4.78, 5) is 12.7. The highest BCUT2D eigenvalue weighted by Crippen LogP contribution is 2.52. The number of carbonyl (C=O) groups is 1. The molecule has 0 radical (unpaired) electrons. The second-order valence-corrected chi connectivity index (χ2v) is 8.10. The van der Waals surface area contributed by atoms with Crippen molar-refractivity contribution in [3.8, 4) is 0 Å². The number of ether oxygens (including phenoxy) is 2. The molecule has 5 atom stereocenters. The molecule has 0 spiro atoms. The van der Waals surface area contributed by atoms with Crippen LogP contribution in [0.25, 0.3) is 0 Å². The molecular formula is C20H28N2O3. The summed E-state index contributed by atoms with van der Waals surface area (Å²) in [7, 11) is 0. The van der Waals surface area contributed by atoms with Gasteiger partial charge in [-0.1, -0.05) is 44.2 Å². The number of hydrogen-bond donors (Lipinski definition) is 2. The minimum absolute atomic E-state index is 0.00932. The van der Waals surface area contributed by atoms with Crippen LogP contribution in [0.2, 0.25) is 0 Å². The zero-order valence-electron chi connectivity index (χ0n) is 15.0. The average molecular weight is 344 g/mol. The van der Waals surface area contributed by atoms with Crippen molar-refractivity contribution in [3.05, 3.63) is 35.9 Å². The quantitative estimate of drug-likeness (QED) is 0.883. The van der Waals surface area contributed by atoms with Gasteiger partial charge in [-0.3, -0.25) is 0 Å². The van der Waals surface area contributed by atoms with E-state index in [1.54, 1.807) is 0 Å². The number of amides is 2. The molecular weight excluding hydrogens is 316 g/mol. The molecule has 0 bridgehead atoms. The predicted octanol–water partition coefficient (Wildman–Crippen LogP) is 3.02. The van der Waals surface area contributed by atoms with Crippen LogP contribution in [0.4, 0.5) is 4.79 Å². The van der Waals surface area contributed by atoms with Gasteiger partial charge in [0, 0.05) is 30.6 Å². The van der Waals surface area contributed by atoms with Crippen LogP contribution in [0.15, 0.2) is 30.3 Å². The molecule has 5 nitrogen and oxygen atoms in total. The maximum atomic E-state index is 12.7. The van der Waals surface area contributed by atoms with E-state index >= 15 is 0 Å². The molecule has 0 unspecified atom stereocenters. The highest BCUT2D eigenvalue weighted by atomic mass is 16.5. The molecule has 5 heteroatoms. The van der Waals surface area contributed by atoms with E-state index < -0.39 is 0 Å². The molecule has 2 amide bonds. The van der Waals surface area contributed by atoms with E-state index in [0.717, 1.165) is 38.0 Å². The first-order valence-electron chi connectivity index (χ1n) is 9.42. The van der Waals surface area contributed by atoms with Crippen LogP contribution in [-0.4, -0.2) is 37.5 Å². The Kier molecular flexibility index (Phi) is 4.46. The Labute approximate surface area is 149 Å². The Hall–Kier alpha value is -1.59. The average Bonchev–Trinajstić information content (AvgIpc) is 3.29. The van der Waals surface area contributed by atoms with Crippen molar-refractivity contribution in [1.82, 2.24) is 10.6 Å². The standard InChI is InChI=1S/C20H28N2O3/c1-20(2)17(14-10-12-25-18(14)20)22-19(23)21-16(15-9-6-11-24-15)13-7-4-3-5-8-13/h3-5,7-8,14-18H,6,9-12H2,1-2H3,(H2,21,22,23)/t14-,15-,16+,17+,18+/m0/s1. The molecule has 4 rings (SSSR count). The topological polar surface area (TPSA) is 59.6 Å². The Morgan fingerprint density at radius 2 is 1.96 bits per heavy atom. The number of rotatable bonds is 4. The zero-order valence-corrected chi connectivity index (χ0v) is 15.0. The molecule has 25 heavy (non-hydrogen) atoms. The second-order valence-electron chi connectivity index (χ2n) is 8.10. The fraction of sp³-hybridized carbons (Fsp3) is 0.650. The van der Waals surface area contributed by atoms with Crippen molar-refractivity contribution in [2.75, 3.05) is 13.2 Å². The van der Waals surface area contributed by atoms with Crippen molar-refractivity contribution in [2.24, 2.45) is 11.3 Å². The number of hydrogen-bond acceptors (Lipinski definition) is 3. The van der Waals surface area contributed by atoms with Crippen LogP contribution >= 0.6 is 0 Å². The highest BCUT2D eigenvalue weighted by molar-refractivity contribution is 5.75. The number of carbonyl (C=O) groups excluding carboxylic acids is 1. The second kappa shape index (κ2) is 6.61. The monoisotopic (exact) mass is 344 g/mol. The SMILES string of the molecule is CC1(C)[C@H](NC(=O)N[C@H](c2ccccc2)[C@@H]2CCCO2)[C@@H]2CCO[C@H]21. The van der Waals surface area contributed by atoms with E-state index in [1.807, 2.05) is 18.2 Å². The van der Waals surface area contributed by atoms with Crippen molar-refractivity contribution in [2.45, 2.75) is 57.4 Å². The number of nitrogens with one attached hydrogen (secondary N) is 2. The molecule has 0 aromatic heterocycles.